The quantitative estimate of drug-likeness (QED) is 0.689. The van der Waals surface area contributed by atoms with Gasteiger partial charge in [-0.15, -0.1) is 0 Å². The maximum Gasteiger partial charge on any atom is 0.409 e. The molecule has 1 N–H and O–H groups in total. The third-order valence-corrected chi connectivity index (χ3v) is 3.84. The van der Waals surface area contributed by atoms with Crippen LogP contribution in [0.5, 0.6) is 0 Å². The van der Waals surface area contributed by atoms with Gasteiger partial charge in [-0.2, -0.15) is 13.2 Å². The molecule has 1 atom stereocenters. The second-order valence-corrected chi connectivity index (χ2v) is 5.44. The van der Waals surface area contributed by atoms with Gasteiger partial charge in [-0.3, -0.25) is 20.3 Å². The predicted octanol–water partition coefficient (Wildman–Crippen LogP) is 3.09. The van der Waals surface area contributed by atoms with Crippen molar-refractivity contribution in [2.45, 2.75) is 18.6 Å². The van der Waals surface area contributed by atoms with Crippen molar-refractivity contribution in [3.05, 3.63) is 52.1 Å². The van der Waals surface area contributed by atoms with Crippen molar-refractivity contribution >= 4 is 22.4 Å². The lowest BCUT2D eigenvalue weighted by molar-refractivity contribution is -0.383. The Kier molecular flexibility index (Phi) is 3.88. The minimum atomic E-state index is -4.70. The number of nitrogens with zero attached hydrogens (tertiary/aromatic N) is 2. The van der Waals surface area contributed by atoms with Crippen LogP contribution in [0.25, 0.3) is 10.8 Å². The third kappa shape index (κ3) is 2.90. The van der Waals surface area contributed by atoms with Crippen LogP contribution in [0.15, 0.2) is 36.4 Å². The summed E-state index contributed by atoms with van der Waals surface area (Å²) >= 11 is 0. The second kappa shape index (κ2) is 5.75. The topological polar surface area (TPSA) is 75.5 Å². The number of fused-ring (bicyclic) bond motifs is 1. The highest BCUT2D eigenvalue weighted by Gasteiger charge is 2.47. The van der Waals surface area contributed by atoms with E-state index in [1.54, 1.807) is 12.1 Å². The lowest BCUT2D eigenvalue weighted by Crippen LogP contribution is -2.43. The Bertz CT molecular complexity index is 822. The summed E-state index contributed by atoms with van der Waals surface area (Å²) < 4.78 is 40.7. The van der Waals surface area contributed by atoms with Gasteiger partial charge in [-0.05, 0) is 23.1 Å². The Morgan fingerprint density at radius 2 is 1.96 bits per heavy atom. The monoisotopic (exact) mass is 339 g/mol. The van der Waals surface area contributed by atoms with Crippen LogP contribution in [0.3, 0.4) is 0 Å². The summed E-state index contributed by atoms with van der Waals surface area (Å²) in [4.78, 5) is 21.8. The number of alkyl halides is 3. The summed E-state index contributed by atoms with van der Waals surface area (Å²) in [7, 11) is 0. The highest BCUT2D eigenvalue weighted by atomic mass is 19.4. The maximum absolute atomic E-state index is 13.6. The molecule has 1 heterocycles. The number of carbonyl (C=O) groups excluding carboxylic acids is 1. The third-order valence-electron chi connectivity index (χ3n) is 3.84. The minimum absolute atomic E-state index is 0.0533. The highest BCUT2D eigenvalue weighted by molar-refractivity contribution is 5.91. The number of benzene rings is 2. The average molecular weight is 339 g/mol. The van der Waals surface area contributed by atoms with E-state index in [0.717, 1.165) is 11.1 Å². The zero-order valence-corrected chi connectivity index (χ0v) is 12.2. The number of hydrogen-bond acceptors (Lipinski definition) is 4. The van der Waals surface area contributed by atoms with E-state index in [1.807, 2.05) is 0 Å². The molecule has 0 radical (unpaired) electrons. The average Bonchev–Trinajstić information content (AvgIpc) is 2.91. The van der Waals surface area contributed by atoms with Crippen molar-refractivity contribution in [1.29, 1.82) is 0 Å². The van der Waals surface area contributed by atoms with Crippen LogP contribution in [-0.4, -0.2) is 28.6 Å². The van der Waals surface area contributed by atoms with Gasteiger partial charge in [0.15, 0.2) is 0 Å². The molecule has 126 valence electrons. The molecule has 1 saturated heterocycles. The number of rotatable bonds is 3. The van der Waals surface area contributed by atoms with Crippen LogP contribution >= 0.6 is 0 Å². The van der Waals surface area contributed by atoms with Gasteiger partial charge >= 0.3 is 6.18 Å². The first-order chi connectivity index (χ1) is 11.3. The lowest BCUT2D eigenvalue weighted by Gasteiger charge is -2.29. The molecule has 0 bridgehead atoms. The number of nitro benzene ring substituents is 1. The summed E-state index contributed by atoms with van der Waals surface area (Å²) in [6.07, 6.45) is -4.75. The highest BCUT2D eigenvalue weighted by Crippen LogP contribution is 2.40. The number of amides is 1. The fraction of sp³-hybridized carbons (Fsp3) is 0.267. The Morgan fingerprint density at radius 3 is 2.54 bits per heavy atom. The summed E-state index contributed by atoms with van der Waals surface area (Å²) in [6.45, 7) is -0.121. The van der Waals surface area contributed by atoms with Gasteiger partial charge in [0, 0.05) is 19.0 Å². The molecule has 1 unspecified atom stereocenters. The van der Waals surface area contributed by atoms with Crippen LogP contribution in [0, 0.1) is 10.1 Å². The maximum atomic E-state index is 13.6. The summed E-state index contributed by atoms with van der Waals surface area (Å²) in [5.41, 5.74) is 1.48. The van der Waals surface area contributed by atoms with Crippen molar-refractivity contribution in [2.24, 2.45) is 0 Å². The zero-order valence-electron chi connectivity index (χ0n) is 12.2. The van der Waals surface area contributed by atoms with E-state index < -0.39 is 28.7 Å². The van der Waals surface area contributed by atoms with E-state index in [4.69, 9.17) is 0 Å². The minimum Gasteiger partial charge on any atom is -0.288 e. The van der Waals surface area contributed by atoms with Crippen LogP contribution in [0.2, 0.25) is 0 Å². The second-order valence-electron chi connectivity index (χ2n) is 5.44. The molecule has 1 aliphatic heterocycles. The molecule has 0 saturated carbocycles. The van der Waals surface area contributed by atoms with Gasteiger partial charge in [0.2, 0.25) is 5.91 Å². The van der Waals surface area contributed by atoms with Crippen molar-refractivity contribution in [2.75, 3.05) is 6.54 Å². The Hall–Kier alpha value is -2.68. The first kappa shape index (κ1) is 16.2. The fourth-order valence-corrected chi connectivity index (χ4v) is 2.86. The number of carbonyl (C=O) groups is 1. The molecule has 9 heteroatoms. The van der Waals surface area contributed by atoms with E-state index in [9.17, 15) is 28.1 Å². The van der Waals surface area contributed by atoms with Crippen molar-refractivity contribution in [3.8, 4) is 0 Å². The molecule has 1 amide bonds. The van der Waals surface area contributed by atoms with Gasteiger partial charge in [0.25, 0.3) is 5.69 Å². The molecule has 1 aliphatic rings. The van der Waals surface area contributed by atoms with E-state index in [1.165, 1.54) is 18.2 Å². The molecule has 3 rings (SSSR count). The van der Waals surface area contributed by atoms with Crippen LogP contribution < -0.4 is 5.43 Å². The molecule has 0 spiro atoms. The van der Waals surface area contributed by atoms with Crippen LogP contribution in [0.1, 0.15) is 18.0 Å². The fourth-order valence-electron chi connectivity index (χ4n) is 2.86. The first-order valence-corrected chi connectivity index (χ1v) is 7.07. The molecule has 2 aromatic rings. The Morgan fingerprint density at radius 1 is 1.25 bits per heavy atom. The van der Waals surface area contributed by atoms with Gasteiger partial charge in [0.05, 0.1) is 10.3 Å². The molecular formula is C15H12F3N3O3. The molecule has 6 nitrogen and oxygen atoms in total. The van der Waals surface area contributed by atoms with Crippen molar-refractivity contribution in [3.63, 3.8) is 0 Å². The Labute approximate surface area is 134 Å². The SMILES string of the molecule is O=C1CCN(C(c2cc([N+](=O)[O-])c3ccccc3c2)C(F)(F)F)N1. The molecule has 24 heavy (non-hydrogen) atoms. The lowest BCUT2D eigenvalue weighted by atomic mass is 9.99. The summed E-state index contributed by atoms with van der Waals surface area (Å²) in [6, 6.07) is 6.22. The van der Waals surface area contributed by atoms with Gasteiger partial charge < -0.3 is 0 Å². The molecule has 0 aromatic heterocycles. The summed E-state index contributed by atoms with van der Waals surface area (Å²) in [5.74, 6) is -0.514. The molecular weight excluding hydrogens is 327 g/mol. The standard InChI is InChI=1S/C15H12F3N3O3/c16-15(17,18)14(20-6-5-13(22)19-20)10-7-9-3-1-2-4-11(9)12(8-10)21(23)24/h1-4,7-8,14H,5-6H2,(H,19,22). The predicted molar refractivity (Wildman–Crippen MR) is 78.9 cm³/mol. The summed E-state index contributed by atoms with van der Waals surface area (Å²) in [5, 5.41) is 12.6. The Balaban J connectivity index is 2.17. The van der Waals surface area contributed by atoms with Gasteiger partial charge in [0.1, 0.15) is 6.04 Å². The van der Waals surface area contributed by atoms with E-state index in [-0.39, 0.29) is 23.9 Å². The normalized spacial score (nSPS) is 17.0. The number of nitro groups is 1. The van der Waals surface area contributed by atoms with Crippen molar-refractivity contribution < 1.29 is 22.9 Å². The molecule has 2 aromatic carbocycles. The first-order valence-electron chi connectivity index (χ1n) is 7.07. The number of hydrogen-bond donors (Lipinski definition) is 1. The molecule has 1 fully saturated rings. The van der Waals surface area contributed by atoms with Crippen LogP contribution in [-0.2, 0) is 4.79 Å². The van der Waals surface area contributed by atoms with E-state index >= 15 is 0 Å². The van der Waals surface area contributed by atoms with Gasteiger partial charge in [-0.1, -0.05) is 18.2 Å². The number of non-ortho nitro benzene ring substituents is 1. The molecule has 0 aliphatic carbocycles. The number of halogens is 3. The smallest absolute Gasteiger partial charge is 0.288 e. The van der Waals surface area contributed by atoms with Crippen molar-refractivity contribution in [1.82, 2.24) is 10.4 Å². The zero-order chi connectivity index (χ0) is 17.5. The van der Waals surface area contributed by atoms with Crippen LogP contribution in [0.4, 0.5) is 18.9 Å². The number of hydrazine groups is 1. The number of nitrogens with one attached hydrogen (secondary N) is 1. The largest absolute Gasteiger partial charge is 0.409 e. The van der Waals surface area contributed by atoms with E-state index in [0.29, 0.717) is 5.39 Å². The van der Waals surface area contributed by atoms with E-state index in [2.05, 4.69) is 5.43 Å². The van der Waals surface area contributed by atoms with Gasteiger partial charge in [-0.25, -0.2) is 5.01 Å².